The lowest BCUT2D eigenvalue weighted by Crippen LogP contribution is -2.24. The summed E-state index contributed by atoms with van der Waals surface area (Å²) in [5.41, 5.74) is -0.505. The Morgan fingerprint density at radius 3 is 2.70 bits per heavy atom. The number of nitrogens with one attached hydrogen (secondary N) is 1. The molecule has 7 heteroatoms. The molecular weight excluding hydrogens is 264 g/mol. The number of nitro groups is 1. The van der Waals surface area contributed by atoms with Gasteiger partial charge in [-0.25, -0.2) is 0 Å². The Kier molecular flexibility index (Phi) is 5.35. The van der Waals surface area contributed by atoms with Gasteiger partial charge in [-0.15, -0.1) is 6.42 Å². The van der Waals surface area contributed by atoms with E-state index in [-0.39, 0.29) is 29.3 Å². The Bertz CT molecular complexity index is 563. The second-order valence-corrected chi connectivity index (χ2v) is 3.60. The van der Waals surface area contributed by atoms with E-state index in [4.69, 9.17) is 15.9 Å². The molecule has 0 fully saturated rings. The van der Waals surface area contributed by atoms with E-state index in [0.29, 0.717) is 6.61 Å². The number of benzene rings is 1. The summed E-state index contributed by atoms with van der Waals surface area (Å²) in [6, 6.07) is 2.42. The van der Waals surface area contributed by atoms with E-state index in [1.54, 1.807) is 6.92 Å². The third kappa shape index (κ3) is 3.38. The van der Waals surface area contributed by atoms with Crippen LogP contribution in [0.5, 0.6) is 11.5 Å². The zero-order valence-electron chi connectivity index (χ0n) is 11.1. The molecule has 0 aliphatic carbocycles. The number of nitro benzene ring substituents is 1. The molecule has 0 atom stereocenters. The minimum atomic E-state index is -0.660. The van der Waals surface area contributed by atoms with Gasteiger partial charge in [-0.1, -0.05) is 5.92 Å². The van der Waals surface area contributed by atoms with Crippen LogP contribution < -0.4 is 14.8 Å². The molecule has 1 N–H and O–H groups in total. The summed E-state index contributed by atoms with van der Waals surface area (Å²) < 4.78 is 10.3. The summed E-state index contributed by atoms with van der Waals surface area (Å²) >= 11 is 0. The lowest BCUT2D eigenvalue weighted by Gasteiger charge is -2.11. The highest BCUT2D eigenvalue weighted by atomic mass is 16.6. The fourth-order valence-corrected chi connectivity index (χ4v) is 1.54. The molecule has 0 aliphatic heterocycles. The summed E-state index contributed by atoms with van der Waals surface area (Å²) in [7, 11) is 1.38. The first-order chi connectivity index (χ1) is 9.54. The third-order valence-corrected chi connectivity index (χ3v) is 2.37. The molecule has 0 spiro atoms. The van der Waals surface area contributed by atoms with Crippen LogP contribution in [-0.4, -0.2) is 31.1 Å². The maximum atomic E-state index is 11.9. The van der Waals surface area contributed by atoms with Gasteiger partial charge >= 0.3 is 0 Å². The van der Waals surface area contributed by atoms with E-state index >= 15 is 0 Å². The van der Waals surface area contributed by atoms with Crippen LogP contribution in [0.1, 0.15) is 17.3 Å². The number of nitrogens with zero attached hydrogens (tertiary/aromatic N) is 1. The fourth-order valence-electron chi connectivity index (χ4n) is 1.54. The Balaban J connectivity index is 3.31. The molecule has 0 radical (unpaired) electrons. The molecule has 0 heterocycles. The molecule has 0 aliphatic rings. The minimum absolute atomic E-state index is 0.0223. The van der Waals surface area contributed by atoms with Crippen molar-refractivity contribution < 1.29 is 19.2 Å². The van der Waals surface area contributed by atoms with Gasteiger partial charge in [0, 0.05) is 6.07 Å². The Hall–Kier alpha value is -2.75. The van der Waals surface area contributed by atoms with E-state index < -0.39 is 10.8 Å². The molecule has 0 unspecified atom stereocenters. The number of amides is 1. The Morgan fingerprint density at radius 1 is 1.50 bits per heavy atom. The van der Waals surface area contributed by atoms with Crippen molar-refractivity contribution in [2.75, 3.05) is 20.3 Å². The van der Waals surface area contributed by atoms with Gasteiger partial charge in [0.25, 0.3) is 11.6 Å². The second-order valence-electron chi connectivity index (χ2n) is 3.60. The van der Waals surface area contributed by atoms with Crippen LogP contribution in [0.3, 0.4) is 0 Å². The van der Waals surface area contributed by atoms with Crippen LogP contribution in [0, 0.1) is 22.5 Å². The normalized spacial score (nSPS) is 9.45. The van der Waals surface area contributed by atoms with E-state index in [9.17, 15) is 14.9 Å². The number of hydrogen-bond donors (Lipinski definition) is 1. The van der Waals surface area contributed by atoms with Crippen LogP contribution in [0.2, 0.25) is 0 Å². The predicted molar refractivity (Wildman–Crippen MR) is 72.0 cm³/mol. The van der Waals surface area contributed by atoms with Crippen molar-refractivity contribution in [2.24, 2.45) is 0 Å². The zero-order chi connectivity index (χ0) is 15.1. The highest BCUT2D eigenvalue weighted by molar-refractivity contribution is 5.99. The molecule has 0 bridgehead atoms. The number of methoxy groups -OCH3 is 1. The first kappa shape index (κ1) is 15.3. The van der Waals surface area contributed by atoms with Gasteiger partial charge in [0.05, 0.1) is 31.3 Å². The van der Waals surface area contributed by atoms with E-state index in [1.807, 2.05) is 0 Å². The highest BCUT2D eigenvalue weighted by Crippen LogP contribution is 2.34. The van der Waals surface area contributed by atoms with E-state index in [1.165, 1.54) is 13.2 Å². The van der Waals surface area contributed by atoms with Crippen molar-refractivity contribution in [1.29, 1.82) is 0 Å². The first-order valence-electron chi connectivity index (χ1n) is 5.76. The zero-order valence-corrected chi connectivity index (χ0v) is 11.1. The topological polar surface area (TPSA) is 90.7 Å². The smallest absolute Gasteiger partial charge is 0.286 e. The standard InChI is InChI=1S/C13H14N2O5/c1-4-6-14-13(16)9-7-11(19-3)12(20-5-2)8-10(9)15(17)18/h1,7-8H,5-6H2,2-3H3,(H,14,16). The number of carbonyl (C=O) groups excluding carboxylic acids is 1. The number of carbonyl (C=O) groups is 1. The number of rotatable bonds is 6. The maximum Gasteiger partial charge on any atom is 0.286 e. The molecule has 0 aromatic heterocycles. The van der Waals surface area contributed by atoms with Crippen molar-refractivity contribution >= 4 is 11.6 Å². The molecule has 1 amide bonds. The number of terminal acetylenes is 1. The van der Waals surface area contributed by atoms with Crippen LogP contribution in [0.4, 0.5) is 5.69 Å². The molecule has 1 aromatic carbocycles. The summed E-state index contributed by atoms with van der Waals surface area (Å²) in [6.07, 6.45) is 5.03. The largest absolute Gasteiger partial charge is 0.493 e. The molecule has 1 aromatic rings. The average molecular weight is 278 g/mol. The molecule has 20 heavy (non-hydrogen) atoms. The number of ether oxygens (including phenoxy) is 2. The van der Waals surface area contributed by atoms with Crippen LogP contribution in [0.25, 0.3) is 0 Å². The number of hydrogen-bond acceptors (Lipinski definition) is 5. The minimum Gasteiger partial charge on any atom is -0.493 e. The van der Waals surface area contributed by atoms with Gasteiger partial charge < -0.3 is 14.8 Å². The van der Waals surface area contributed by atoms with Gasteiger partial charge in [-0.05, 0) is 6.92 Å². The van der Waals surface area contributed by atoms with Crippen LogP contribution in [-0.2, 0) is 0 Å². The van der Waals surface area contributed by atoms with E-state index in [2.05, 4.69) is 11.2 Å². The maximum absolute atomic E-state index is 11.9. The molecule has 0 saturated heterocycles. The Labute approximate surface area is 116 Å². The summed E-state index contributed by atoms with van der Waals surface area (Å²) in [5.74, 6) is 2.02. The quantitative estimate of drug-likeness (QED) is 0.482. The SMILES string of the molecule is C#CCNC(=O)c1cc(OC)c(OCC)cc1[N+](=O)[O-]. The average Bonchev–Trinajstić information content (AvgIpc) is 2.44. The Morgan fingerprint density at radius 2 is 2.20 bits per heavy atom. The molecule has 1 rings (SSSR count). The molecule has 0 saturated carbocycles. The monoisotopic (exact) mass is 278 g/mol. The lowest BCUT2D eigenvalue weighted by molar-refractivity contribution is -0.385. The van der Waals surface area contributed by atoms with Gasteiger partial charge in [-0.3, -0.25) is 14.9 Å². The van der Waals surface area contributed by atoms with Gasteiger partial charge in [-0.2, -0.15) is 0 Å². The van der Waals surface area contributed by atoms with Crippen molar-refractivity contribution in [3.05, 3.63) is 27.8 Å². The van der Waals surface area contributed by atoms with Gasteiger partial charge in [0.15, 0.2) is 11.5 Å². The summed E-state index contributed by atoms with van der Waals surface area (Å²) in [6.45, 7) is 2.03. The second kappa shape index (κ2) is 6.99. The van der Waals surface area contributed by atoms with Crippen molar-refractivity contribution in [3.63, 3.8) is 0 Å². The highest BCUT2D eigenvalue weighted by Gasteiger charge is 2.24. The van der Waals surface area contributed by atoms with E-state index in [0.717, 1.165) is 6.07 Å². The lowest BCUT2D eigenvalue weighted by atomic mass is 10.1. The van der Waals surface area contributed by atoms with Crippen LogP contribution >= 0.6 is 0 Å². The predicted octanol–water partition coefficient (Wildman–Crippen LogP) is 1.37. The molecular formula is C13H14N2O5. The first-order valence-corrected chi connectivity index (χ1v) is 5.76. The van der Waals surface area contributed by atoms with Crippen LogP contribution in [0.15, 0.2) is 12.1 Å². The molecule has 106 valence electrons. The third-order valence-electron chi connectivity index (χ3n) is 2.37. The summed E-state index contributed by atoms with van der Waals surface area (Å²) in [4.78, 5) is 22.2. The van der Waals surface area contributed by atoms with Gasteiger partial charge in [0.1, 0.15) is 5.56 Å². The summed E-state index contributed by atoms with van der Waals surface area (Å²) in [5, 5.41) is 13.4. The van der Waals surface area contributed by atoms with Crippen molar-refractivity contribution in [3.8, 4) is 23.8 Å². The fraction of sp³-hybridized carbons (Fsp3) is 0.308. The van der Waals surface area contributed by atoms with Crippen molar-refractivity contribution in [1.82, 2.24) is 5.32 Å². The van der Waals surface area contributed by atoms with Crippen molar-refractivity contribution in [2.45, 2.75) is 6.92 Å². The molecule has 7 nitrogen and oxygen atoms in total. The van der Waals surface area contributed by atoms with Gasteiger partial charge in [0.2, 0.25) is 0 Å².